The third kappa shape index (κ3) is 7.91. The van der Waals surface area contributed by atoms with Gasteiger partial charge in [-0.05, 0) is 173 Å². The molecule has 0 fully saturated rings. The fourth-order valence-electron chi connectivity index (χ4n) is 10.9. The Balaban J connectivity index is 1.17. The topological polar surface area (TPSA) is 22.8 Å². The second-order valence-corrected chi connectivity index (χ2v) is 19.2. The first-order valence-electron chi connectivity index (χ1n) is 24.3. The minimum absolute atomic E-state index is 0.124. The van der Waals surface area contributed by atoms with Crippen molar-refractivity contribution >= 4 is 43.6 Å². The smallest absolute Gasteiger partial charge is 0.307 e. The molecule has 12 rings (SSSR count). The molecule has 0 bridgehead atoms. The highest BCUT2D eigenvalue weighted by molar-refractivity contribution is 6.13. The van der Waals surface area contributed by atoms with E-state index in [1.165, 1.54) is 0 Å². The van der Waals surface area contributed by atoms with Gasteiger partial charge in [-0.25, -0.2) is 4.98 Å². The molecule has 0 aliphatic rings. The maximum atomic E-state index is 14.9. The van der Waals surface area contributed by atoms with Crippen LogP contribution in [0.15, 0.2) is 200 Å². The SMILES string of the molecule is Cc1ccccc1-c1ccc2c(c1)c1cc(-c3ccccc3C)ccc1n2-c1cc(-c2cc(C(F)(F)F)cc(C(F)(F)F)c2)c(-n2c3ccc(-c4ccccc4C)cc3c3cc(-c4ccccc4C)ccc32)cn1. The molecule has 0 radical (unpaired) electrons. The lowest BCUT2D eigenvalue weighted by Crippen LogP contribution is -2.11. The van der Waals surface area contributed by atoms with Crippen molar-refractivity contribution in [3.8, 4) is 67.1 Å². The Morgan fingerprint density at radius 2 is 0.649 bits per heavy atom. The van der Waals surface area contributed by atoms with Crippen molar-refractivity contribution < 1.29 is 26.3 Å². The van der Waals surface area contributed by atoms with Crippen molar-refractivity contribution in [1.29, 1.82) is 0 Å². The zero-order valence-corrected chi connectivity index (χ0v) is 40.7. The Bertz CT molecular complexity index is 3990. The fourth-order valence-corrected chi connectivity index (χ4v) is 10.9. The first kappa shape index (κ1) is 46.4. The highest BCUT2D eigenvalue weighted by Crippen LogP contribution is 2.45. The van der Waals surface area contributed by atoms with E-state index >= 15 is 0 Å². The Labute approximate surface area is 423 Å². The van der Waals surface area contributed by atoms with Crippen LogP contribution in [0, 0.1) is 27.7 Å². The van der Waals surface area contributed by atoms with Gasteiger partial charge in [0.1, 0.15) is 5.82 Å². The molecule has 0 unspecified atom stereocenters. The van der Waals surface area contributed by atoms with Crippen LogP contribution in [0.25, 0.3) is 111 Å². The van der Waals surface area contributed by atoms with E-state index in [9.17, 15) is 26.3 Å². The maximum absolute atomic E-state index is 14.9. The first-order valence-corrected chi connectivity index (χ1v) is 24.3. The summed E-state index contributed by atoms with van der Waals surface area (Å²) >= 11 is 0. The van der Waals surface area contributed by atoms with Gasteiger partial charge in [-0.15, -0.1) is 0 Å². The summed E-state index contributed by atoms with van der Waals surface area (Å²) in [6, 6.07) is 60.4. The zero-order chi connectivity index (χ0) is 51.2. The first-order chi connectivity index (χ1) is 35.6. The van der Waals surface area contributed by atoms with E-state index in [1.807, 2.05) is 132 Å². The molecule has 0 amide bonds. The minimum Gasteiger partial charge on any atom is -0.307 e. The summed E-state index contributed by atoms with van der Waals surface area (Å²) in [6.07, 6.45) is -8.59. The van der Waals surface area contributed by atoms with E-state index in [1.54, 1.807) is 12.3 Å². The van der Waals surface area contributed by atoms with Crippen LogP contribution in [0.2, 0.25) is 0 Å². The molecular weight excluding hydrogens is 937 g/mol. The molecule has 3 heterocycles. The van der Waals surface area contributed by atoms with E-state index in [-0.39, 0.29) is 17.2 Å². The van der Waals surface area contributed by atoms with E-state index in [4.69, 9.17) is 4.98 Å². The average molecular weight is 982 g/mol. The van der Waals surface area contributed by atoms with Gasteiger partial charge in [0.05, 0.1) is 45.1 Å². The molecule has 0 aliphatic heterocycles. The van der Waals surface area contributed by atoms with Crippen molar-refractivity contribution in [2.75, 3.05) is 0 Å². The summed E-state index contributed by atoms with van der Waals surface area (Å²) in [6.45, 7) is 8.22. The summed E-state index contributed by atoms with van der Waals surface area (Å²) in [4.78, 5) is 5.16. The van der Waals surface area contributed by atoms with Crippen LogP contribution in [0.1, 0.15) is 33.4 Å². The summed E-state index contributed by atoms with van der Waals surface area (Å²) in [5.41, 5.74) is 12.7. The molecular formula is C65H45F6N3. The van der Waals surface area contributed by atoms with Crippen LogP contribution in [-0.4, -0.2) is 14.1 Å². The molecule has 12 aromatic rings. The number of aryl methyl sites for hydroxylation is 4. The van der Waals surface area contributed by atoms with Crippen LogP contribution in [-0.2, 0) is 12.4 Å². The van der Waals surface area contributed by atoms with Crippen molar-refractivity contribution in [1.82, 2.24) is 14.1 Å². The standard InChI is InChI=1S/C65H45F6N3/c1-38-13-5-9-17-49(38)42-21-25-58-54(31-42)55-32-43(50-18-10-6-14-39(50)2)22-26-59(55)73(58)62-37-72-63(36-53(62)46-29-47(64(66,67)68)35-48(30-46)65(69,70)71)74-60-27-23-44(51-19-11-7-15-40(51)3)33-56(60)57-34-45(24-28-61(57)74)52-20-12-8-16-41(52)4/h5-37H,1-4H3. The summed E-state index contributed by atoms with van der Waals surface area (Å²) < 4.78 is 93.1. The molecule has 9 heteroatoms. The van der Waals surface area contributed by atoms with Gasteiger partial charge in [0.25, 0.3) is 0 Å². The van der Waals surface area contributed by atoms with Crippen LogP contribution >= 0.6 is 0 Å². The van der Waals surface area contributed by atoms with Crippen molar-refractivity contribution in [2.45, 2.75) is 40.0 Å². The number of hydrogen-bond donors (Lipinski definition) is 0. The Morgan fingerprint density at radius 3 is 0.973 bits per heavy atom. The highest BCUT2D eigenvalue weighted by atomic mass is 19.4. The van der Waals surface area contributed by atoms with Gasteiger partial charge in [0, 0.05) is 27.1 Å². The number of alkyl halides is 6. The maximum Gasteiger partial charge on any atom is 0.416 e. The van der Waals surface area contributed by atoms with Crippen molar-refractivity contribution in [3.05, 3.63) is 234 Å². The Kier molecular flexibility index (Phi) is 11.0. The number of nitrogens with zero attached hydrogens (tertiary/aromatic N) is 3. The molecule has 74 heavy (non-hydrogen) atoms. The molecule has 0 saturated heterocycles. The molecule has 0 spiro atoms. The number of halogens is 6. The lowest BCUT2D eigenvalue weighted by molar-refractivity contribution is -0.143. The molecule has 0 N–H and O–H groups in total. The van der Waals surface area contributed by atoms with Gasteiger partial charge in [-0.1, -0.05) is 121 Å². The van der Waals surface area contributed by atoms with E-state index < -0.39 is 23.5 Å². The van der Waals surface area contributed by atoms with Gasteiger partial charge < -0.3 is 4.57 Å². The average Bonchev–Trinajstić information content (AvgIpc) is 3.89. The minimum atomic E-state index is -5.09. The molecule has 0 saturated carbocycles. The Morgan fingerprint density at radius 1 is 0.324 bits per heavy atom. The van der Waals surface area contributed by atoms with Crippen molar-refractivity contribution in [2.24, 2.45) is 0 Å². The molecule has 0 aliphatic carbocycles. The molecule has 9 aromatic carbocycles. The van der Waals surface area contributed by atoms with E-state index in [0.29, 0.717) is 22.5 Å². The summed E-state index contributed by atoms with van der Waals surface area (Å²) in [5.74, 6) is 0.312. The largest absolute Gasteiger partial charge is 0.416 e. The zero-order valence-electron chi connectivity index (χ0n) is 40.7. The third-order valence-corrected chi connectivity index (χ3v) is 14.6. The number of aromatic nitrogens is 3. The molecule has 3 nitrogen and oxygen atoms in total. The third-order valence-electron chi connectivity index (χ3n) is 14.6. The summed E-state index contributed by atoms with van der Waals surface area (Å²) in [5, 5.41) is 3.50. The van der Waals surface area contributed by atoms with Crippen LogP contribution in [0.5, 0.6) is 0 Å². The second-order valence-electron chi connectivity index (χ2n) is 19.2. The number of hydrogen-bond acceptors (Lipinski definition) is 1. The van der Waals surface area contributed by atoms with E-state index in [0.717, 1.165) is 111 Å². The predicted molar refractivity (Wildman–Crippen MR) is 289 cm³/mol. The molecule has 0 atom stereocenters. The van der Waals surface area contributed by atoms with Crippen LogP contribution in [0.3, 0.4) is 0 Å². The van der Waals surface area contributed by atoms with Gasteiger partial charge in [-0.2, -0.15) is 26.3 Å². The molecule has 362 valence electrons. The van der Waals surface area contributed by atoms with Gasteiger partial charge >= 0.3 is 12.4 Å². The van der Waals surface area contributed by atoms with Gasteiger partial charge in [0.2, 0.25) is 0 Å². The molecule has 3 aromatic heterocycles. The lowest BCUT2D eigenvalue weighted by atomic mass is 9.97. The number of rotatable bonds is 7. The van der Waals surface area contributed by atoms with Crippen LogP contribution < -0.4 is 0 Å². The van der Waals surface area contributed by atoms with E-state index in [2.05, 4.69) is 74.5 Å². The Hall–Kier alpha value is -8.69. The normalized spacial score (nSPS) is 12.2. The number of benzene rings is 9. The highest BCUT2D eigenvalue weighted by Gasteiger charge is 2.37. The fraction of sp³-hybridized carbons (Fsp3) is 0.0923. The quantitative estimate of drug-likeness (QED) is 0.146. The summed E-state index contributed by atoms with van der Waals surface area (Å²) in [7, 11) is 0. The van der Waals surface area contributed by atoms with Crippen LogP contribution in [0.4, 0.5) is 26.3 Å². The van der Waals surface area contributed by atoms with Gasteiger partial charge in [0.15, 0.2) is 0 Å². The number of pyridine rings is 1. The van der Waals surface area contributed by atoms with Crippen molar-refractivity contribution in [3.63, 3.8) is 0 Å². The lowest BCUT2D eigenvalue weighted by Gasteiger charge is -2.19. The van der Waals surface area contributed by atoms with Gasteiger partial charge in [-0.3, -0.25) is 4.57 Å². The predicted octanol–water partition coefficient (Wildman–Crippen LogP) is 18.9. The second kappa shape index (κ2) is 17.5. The monoisotopic (exact) mass is 981 g/mol. The number of fused-ring (bicyclic) bond motifs is 6.